The third-order valence-corrected chi connectivity index (χ3v) is 4.38. The lowest BCUT2D eigenvalue weighted by atomic mass is 10.0. The van der Waals surface area contributed by atoms with Crippen LogP contribution in [0.3, 0.4) is 0 Å². The lowest BCUT2D eigenvalue weighted by molar-refractivity contribution is 0.119. The summed E-state index contributed by atoms with van der Waals surface area (Å²) in [6, 6.07) is 0.562. The topological polar surface area (TPSA) is 63.4 Å². The van der Waals surface area contributed by atoms with Crippen LogP contribution in [-0.4, -0.2) is 54.4 Å². The van der Waals surface area contributed by atoms with E-state index >= 15 is 0 Å². The Labute approximate surface area is 126 Å². The van der Waals surface area contributed by atoms with Crippen molar-refractivity contribution in [3.8, 4) is 0 Å². The van der Waals surface area contributed by atoms with Crippen molar-refractivity contribution in [2.45, 2.75) is 50.6 Å². The number of rotatable bonds is 8. The second kappa shape index (κ2) is 7.33. The summed E-state index contributed by atoms with van der Waals surface area (Å²) < 4.78 is 10.5. The Morgan fingerprint density at radius 2 is 2.24 bits per heavy atom. The third kappa shape index (κ3) is 4.25. The van der Waals surface area contributed by atoms with Crippen LogP contribution in [0.4, 0.5) is 0 Å². The molecular formula is C15H26N4O2. The first-order chi connectivity index (χ1) is 10.4. The van der Waals surface area contributed by atoms with Gasteiger partial charge in [-0.25, -0.2) is 0 Å². The molecule has 2 aliphatic rings. The van der Waals surface area contributed by atoms with Crippen molar-refractivity contribution >= 4 is 0 Å². The van der Waals surface area contributed by atoms with E-state index in [2.05, 4.69) is 20.4 Å². The number of piperidine rings is 1. The molecule has 1 saturated heterocycles. The van der Waals surface area contributed by atoms with Crippen LogP contribution in [0.5, 0.6) is 0 Å². The van der Waals surface area contributed by atoms with Crippen molar-refractivity contribution in [1.29, 1.82) is 0 Å². The van der Waals surface area contributed by atoms with Crippen LogP contribution in [0.1, 0.15) is 49.7 Å². The molecule has 2 heterocycles. The Balaban J connectivity index is 1.50. The van der Waals surface area contributed by atoms with Crippen molar-refractivity contribution < 1.29 is 9.26 Å². The lowest BCUT2D eigenvalue weighted by Crippen LogP contribution is -2.45. The standard InChI is InChI=1S/C15H26N4O2/c1-20-9-7-16-10-13-4-2-3-8-19(13)11-14-17-15(18-21-14)12-5-6-12/h12-13,16H,2-11H2,1H3. The fourth-order valence-electron chi connectivity index (χ4n) is 2.96. The molecular weight excluding hydrogens is 268 g/mol. The van der Waals surface area contributed by atoms with E-state index in [-0.39, 0.29) is 0 Å². The maximum Gasteiger partial charge on any atom is 0.240 e. The zero-order valence-corrected chi connectivity index (χ0v) is 12.9. The van der Waals surface area contributed by atoms with Crippen molar-refractivity contribution in [3.05, 3.63) is 11.7 Å². The normalized spacial score (nSPS) is 23.6. The average molecular weight is 294 g/mol. The molecule has 2 fully saturated rings. The average Bonchev–Trinajstić information content (AvgIpc) is 3.26. The molecule has 21 heavy (non-hydrogen) atoms. The fraction of sp³-hybridized carbons (Fsp3) is 0.867. The van der Waals surface area contributed by atoms with Gasteiger partial charge in [0.05, 0.1) is 13.2 Å². The third-order valence-electron chi connectivity index (χ3n) is 4.38. The van der Waals surface area contributed by atoms with Gasteiger partial charge in [-0.15, -0.1) is 0 Å². The maximum absolute atomic E-state index is 5.42. The second-order valence-corrected chi connectivity index (χ2v) is 6.14. The molecule has 0 radical (unpaired) electrons. The molecule has 0 aromatic carbocycles. The van der Waals surface area contributed by atoms with Crippen LogP contribution in [0, 0.1) is 0 Å². The van der Waals surface area contributed by atoms with Gasteiger partial charge in [0.2, 0.25) is 5.89 Å². The molecule has 0 spiro atoms. The van der Waals surface area contributed by atoms with Crippen LogP contribution < -0.4 is 5.32 Å². The Bertz CT molecular complexity index is 433. The molecule has 1 unspecified atom stereocenters. The van der Waals surface area contributed by atoms with Crippen LogP contribution >= 0.6 is 0 Å². The molecule has 0 bridgehead atoms. The Kier molecular flexibility index (Phi) is 5.22. The molecule has 6 heteroatoms. The highest BCUT2D eigenvalue weighted by atomic mass is 16.5. The van der Waals surface area contributed by atoms with E-state index in [1.165, 1.54) is 32.1 Å². The van der Waals surface area contributed by atoms with Crippen molar-refractivity contribution in [2.24, 2.45) is 0 Å². The van der Waals surface area contributed by atoms with Gasteiger partial charge in [0, 0.05) is 32.2 Å². The minimum atomic E-state index is 0.562. The minimum Gasteiger partial charge on any atom is -0.383 e. The maximum atomic E-state index is 5.42. The largest absolute Gasteiger partial charge is 0.383 e. The summed E-state index contributed by atoms with van der Waals surface area (Å²) in [6.07, 6.45) is 6.25. The SMILES string of the molecule is COCCNCC1CCCCN1Cc1nc(C2CC2)no1. The number of likely N-dealkylation sites (tertiary alicyclic amines) is 1. The lowest BCUT2D eigenvalue weighted by Gasteiger charge is -2.34. The van der Waals surface area contributed by atoms with E-state index in [0.29, 0.717) is 12.0 Å². The minimum absolute atomic E-state index is 0.562. The number of nitrogens with zero attached hydrogens (tertiary/aromatic N) is 3. The predicted molar refractivity (Wildman–Crippen MR) is 79.1 cm³/mol. The van der Waals surface area contributed by atoms with Crippen LogP contribution in [-0.2, 0) is 11.3 Å². The predicted octanol–water partition coefficient (Wildman–Crippen LogP) is 1.54. The molecule has 1 saturated carbocycles. The summed E-state index contributed by atoms with van der Waals surface area (Å²) in [5.74, 6) is 2.26. The highest BCUT2D eigenvalue weighted by Gasteiger charge is 2.30. The Hall–Kier alpha value is -0.980. The van der Waals surface area contributed by atoms with Crippen molar-refractivity contribution in [2.75, 3.05) is 33.4 Å². The van der Waals surface area contributed by atoms with Gasteiger partial charge in [-0.3, -0.25) is 4.90 Å². The monoisotopic (exact) mass is 294 g/mol. The fourth-order valence-corrected chi connectivity index (χ4v) is 2.96. The van der Waals surface area contributed by atoms with Gasteiger partial charge in [-0.2, -0.15) is 4.98 Å². The Morgan fingerprint density at radius 1 is 1.33 bits per heavy atom. The number of methoxy groups -OCH3 is 1. The summed E-state index contributed by atoms with van der Waals surface area (Å²) >= 11 is 0. The van der Waals surface area contributed by atoms with Crippen LogP contribution in [0.15, 0.2) is 4.52 Å². The van der Waals surface area contributed by atoms with Gasteiger partial charge in [-0.05, 0) is 32.2 Å². The molecule has 1 aliphatic carbocycles. The van der Waals surface area contributed by atoms with E-state index in [4.69, 9.17) is 9.26 Å². The zero-order chi connectivity index (χ0) is 14.5. The molecule has 3 rings (SSSR count). The molecule has 1 atom stereocenters. The number of ether oxygens (including phenoxy) is 1. The van der Waals surface area contributed by atoms with E-state index in [1.54, 1.807) is 7.11 Å². The second-order valence-electron chi connectivity index (χ2n) is 6.14. The van der Waals surface area contributed by atoms with Gasteiger partial charge < -0.3 is 14.6 Å². The first-order valence-electron chi connectivity index (χ1n) is 8.13. The number of nitrogens with one attached hydrogen (secondary N) is 1. The van der Waals surface area contributed by atoms with E-state index in [9.17, 15) is 0 Å². The first-order valence-corrected chi connectivity index (χ1v) is 8.13. The van der Waals surface area contributed by atoms with Gasteiger partial charge in [0.1, 0.15) is 0 Å². The van der Waals surface area contributed by atoms with Crippen LogP contribution in [0.25, 0.3) is 0 Å². The molecule has 0 amide bonds. The summed E-state index contributed by atoms with van der Waals surface area (Å²) in [5.41, 5.74) is 0. The van der Waals surface area contributed by atoms with Crippen LogP contribution in [0.2, 0.25) is 0 Å². The number of hydrogen-bond acceptors (Lipinski definition) is 6. The van der Waals surface area contributed by atoms with Gasteiger partial charge in [0.15, 0.2) is 5.82 Å². The summed E-state index contributed by atoms with van der Waals surface area (Å²) in [6.45, 7) is 4.59. The van der Waals surface area contributed by atoms with Gasteiger partial charge in [0.25, 0.3) is 0 Å². The van der Waals surface area contributed by atoms with Gasteiger partial charge >= 0.3 is 0 Å². The van der Waals surface area contributed by atoms with Crippen molar-refractivity contribution in [1.82, 2.24) is 20.4 Å². The van der Waals surface area contributed by atoms with Gasteiger partial charge in [-0.1, -0.05) is 11.6 Å². The first kappa shape index (κ1) is 14.9. The quantitative estimate of drug-likeness (QED) is 0.734. The molecule has 1 aromatic rings. The molecule has 1 aliphatic heterocycles. The zero-order valence-electron chi connectivity index (χ0n) is 12.9. The highest BCUT2D eigenvalue weighted by molar-refractivity contribution is 5.03. The highest BCUT2D eigenvalue weighted by Crippen LogP contribution is 2.38. The number of hydrogen-bond donors (Lipinski definition) is 1. The Morgan fingerprint density at radius 3 is 3.05 bits per heavy atom. The summed E-state index contributed by atoms with van der Waals surface area (Å²) in [4.78, 5) is 7.03. The van der Waals surface area contributed by atoms with E-state index in [0.717, 1.165) is 44.5 Å². The van der Waals surface area contributed by atoms with E-state index in [1.807, 2.05) is 0 Å². The smallest absolute Gasteiger partial charge is 0.240 e. The van der Waals surface area contributed by atoms with Crippen molar-refractivity contribution in [3.63, 3.8) is 0 Å². The summed E-state index contributed by atoms with van der Waals surface area (Å²) in [7, 11) is 1.74. The number of aromatic nitrogens is 2. The molecule has 118 valence electrons. The molecule has 1 aromatic heterocycles. The molecule has 1 N–H and O–H groups in total. The summed E-state index contributed by atoms with van der Waals surface area (Å²) in [5, 5.41) is 7.58. The van der Waals surface area contributed by atoms with E-state index < -0.39 is 0 Å². The molecule has 6 nitrogen and oxygen atoms in total.